The number of carbonyl (C=O) groups is 1. The minimum absolute atomic E-state index is 0.502. The summed E-state index contributed by atoms with van der Waals surface area (Å²) in [6.07, 6.45) is 0. The number of sulfone groups is 1. The Labute approximate surface area is 69.6 Å². The van der Waals surface area contributed by atoms with Crippen molar-refractivity contribution in [2.75, 3.05) is 18.1 Å². The average molecular weight is 195 g/mol. The molecule has 0 amide bonds. The van der Waals surface area contributed by atoms with Crippen molar-refractivity contribution >= 4 is 15.6 Å². The highest BCUT2D eigenvalue weighted by atomic mass is 32.2. The Morgan fingerprint density at radius 1 is 1.50 bits per heavy atom. The van der Waals surface area contributed by atoms with E-state index >= 15 is 0 Å². The minimum Gasteiger partial charge on any atom is -0.299 e. The molecule has 0 aromatic rings. The van der Waals surface area contributed by atoms with E-state index < -0.39 is 38.6 Å². The van der Waals surface area contributed by atoms with Crippen LogP contribution >= 0.6 is 0 Å². The highest BCUT2D eigenvalue weighted by molar-refractivity contribution is 7.92. The van der Waals surface area contributed by atoms with Crippen LogP contribution in [0, 0.1) is 10.1 Å². The lowest BCUT2D eigenvalue weighted by Gasteiger charge is -1.96. The number of hydrogen-bond donors (Lipinski definition) is 0. The smallest absolute Gasteiger partial charge is 0.217 e. The van der Waals surface area contributed by atoms with Crippen molar-refractivity contribution < 1.29 is 18.1 Å². The zero-order valence-electron chi connectivity index (χ0n) is 6.52. The normalized spacial score (nSPS) is 11.1. The Morgan fingerprint density at radius 3 is 2.33 bits per heavy atom. The lowest BCUT2D eigenvalue weighted by molar-refractivity contribution is -0.474. The second-order valence-corrected chi connectivity index (χ2v) is 4.53. The lowest BCUT2D eigenvalue weighted by Crippen LogP contribution is -2.21. The Kier molecular flexibility index (Phi) is 3.81. The number of Topliss-reactive ketones (excluding diaryl/α,β-unsaturated/α-hetero) is 1. The van der Waals surface area contributed by atoms with Crippen LogP contribution in [0.3, 0.4) is 0 Å². The summed E-state index contributed by atoms with van der Waals surface area (Å²) in [5.41, 5.74) is 0. The monoisotopic (exact) mass is 195 g/mol. The van der Waals surface area contributed by atoms with Crippen molar-refractivity contribution in [3.8, 4) is 0 Å². The van der Waals surface area contributed by atoms with Gasteiger partial charge in [0.15, 0.2) is 9.84 Å². The first-order valence-electron chi connectivity index (χ1n) is 3.15. The summed E-state index contributed by atoms with van der Waals surface area (Å²) < 4.78 is 21.6. The van der Waals surface area contributed by atoms with Gasteiger partial charge in [0.2, 0.25) is 6.54 Å². The van der Waals surface area contributed by atoms with Crippen LogP contribution in [0.5, 0.6) is 0 Å². The first kappa shape index (κ1) is 11.0. The molecule has 0 aromatic heterocycles. The van der Waals surface area contributed by atoms with Gasteiger partial charge in [0.05, 0.1) is 0 Å². The van der Waals surface area contributed by atoms with E-state index in [-0.39, 0.29) is 0 Å². The Balaban J connectivity index is 4.06. The maximum absolute atomic E-state index is 10.8. The molecular weight excluding hydrogens is 186 g/mol. The van der Waals surface area contributed by atoms with Crippen LogP contribution in [0.25, 0.3) is 0 Å². The summed E-state index contributed by atoms with van der Waals surface area (Å²) in [6, 6.07) is 0. The van der Waals surface area contributed by atoms with Crippen molar-refractivity contribution in [2.45, 2.75) is 6.92 Å². The van der Waals surface area contributed by atoms with Crippen molar-refractivity contribution in [3.63, 3.8) is 0 Å². The van der Waals surface area contributed by atoms with Gasteiger partial charge in [-0.2, -0.15) is 0 Å². The molecule has 0 bridgehead atoms. The van der Waals surface area contributed by atoms with Gasteiger partial charge in [-0.3, -0.25) is 14.9 Å². The van der Waals surface area contributed by atoms with E-state index in [1.54, 1.807) is 0 Å². The van der Waals surface area contributed by atoms with E-state index in [0.717, 1.165) is 6.92 Å². The largest absolute Gasteiger partial charge is 0.299 e. The van der Waals surface area contributed by atoms with Gasteiger partial charge in [-0.15, -0.1) is 0 Å². The highest BCUT2D eigenvalue weighted by Gasteiger charge is 2.16. The quantitative estimate of drug-likeness (QED) is 0.425. The van der Waals surface area contributed by atoms with Gasteiger partial charge in [-0.1, -0.05) is 0 Å². The van der Waals surface area contributed by atoms with Crippen molar-refractivity contribution in [3.05, 3.63) is 10.1 Å². The average Bonchev–Trinajstić information content (AvgIpc) is 1.81. The zero-order chi connectivity index (χ0) is 9.78. The summed E-state index contributed by atoms with van der Waals surface area (Å²) >= 11 is 0. The standard InChI is InChI=1S/C5H9NO5S/c1-5(7)4-12(10,11)3-2-6(8)9/h2-4H2,1H3. The zero-order valence-corrected chi connectivity index (χ0v) is 7.33. The summed E-state index contributed by atoms with van der Waals surface area (Å²) in [7, 11) is -3.57. The molecule has 12 heavy (non-hydrogen) atoms. The summed E-state index contributed by atoms with van der Waals surface area (Å²) in [4.78, 5) is 19.4. The van der Waals surface area contributed by atoms with Crippen LogP contribution in [-0.2, 0) is 14.6 Å². The molecule has 0 rings (SSSR count). The third-order valence-electron chi connectivity index (χ3n) is 1.01. The first-order chi connectivity index (χ1) is 5.33. The molecule has 0 aliphatic heterocycles. The third kappa shape index (κ3) is 5.78. The maximum Gasteiger partial charge on any atom is 0.217 e. The van der Waals surface area contributed by atoms with Gasteiger partial charge < -0.3 is 0 Å². The van der Waals surface area contributed by atoms with Crippen molar-refractivity contribution in [1.29, 1.82) is 0 Å². The predicted octanol–water partition coefficient (Wildman–Crippen LogP) is -0.733. The molecule has 0 fully saturated rings. The summed E-state index contributed by atoms with van der Waals surface area (Å²) in [6.45, 7) is 0.485. The number of nitro groups is 1. The minimum atomic E-state index is -3.57. The molecule has 0 saturated carbocycles. The van der Waals surface area contributed by atoms with Crippen LogP contribution in [0.15, 0.2) is 0 Å². The van der Waals surface area contributed by atoms with Gasteiger partial charge in [-0.05, 0) is 6.92 Å². The maximum atomic E-state index is 10.8. The van der Waals surface area contributed by atoms with E-state index in [9.17, 15) is 23.3 Å². The predicted molar refractivity (Wildman–Crippen MR) is 41.2 cm³/mol. The van der Waals surface area contributed by atoms with Crippen molar-refractivity contribution in [1.82, 2.24) is 0 Å². The molecule has 70 valence electrons. The molecule has 0 saturated heterocycles. The van der Waals surface area contributed by atoms with E-state index in [2.05, 4.69) is 0 Å². The highest BCUT2D eigenvalue weighted by Crippen LogP contribution is 1.90. The van der Waals surface area contributed by atoms with Crippen LogP contribution in [-0.4, -0.2) is 37.2 Å². The molecule has 0 aromatic carbocycles. The topological polar surface area (TPSA) is 94.3 Å². The third-order valence-corrected chi connectivity index (χ3v) is 2.66. The van der Waals surface area contributed by atoms with Gasteiger partial charge >= 0.3 is 0 Å². The van der Waals surface area contributed by atoms with E-state index in [0.29, 0.717) is 0 Å². The Bertz CT molecular complexity index is 280. The molecular formula is C5H9NO5S. The molecule has 0 aliphatic rings. The van der Waals surface area contributed by atoms with Gasteiger partial charge in [-0.25, -0.2) is 8.42 Å². The summed E-state index contributed by atoms with van der Waals surface area (Å²) in [5.74, 6) is -1.68. The SMILES string of the molecule is CC(=O)CS(=O)(=O)CC[N+](=O)[O-]. The van der Waals surface area contributed by atoms with Crippen molar-refractivity contribution in [2.24, 2.45) is 0 Å². The number of carbonyl (C=O) groups excluding carboxylic acids is 1. The Morgan fingerprint density at radius 2 is 2.00 bits per heavy atom. The lowest BCUT2D eigenvalue weighted by atomic mass is 10.5. The molecule has 0 unspecified atom stereocenters. The van der Waals surface area contributed by atoms with E-state index in [4.69, 9.17) is 0 Å². The van der Waals surface area contributed by atoms with Crippen LogP contribution in [0.1, 0.15) is 6.92 Å². The molecule has 7 heteroatoms. The molecule has 6 nitrogen and oxygen atoms in total. The molecule has 0 radical (unpaired) electrons. The molecule has 0 aliphatic carbocycles. The second-order valence-electron chi connectivity index (χ2n) is 2.35. The number of nitrogens with zero attached hydrogens (tertiary/aromatic N) is 1. The first-order valence-corrected chi connectivity index (χ1v) is 4.97. The number of rotatable bonds is 5. The van der Waals surface area contributed by atoms with Gasteiger partial charge in [0.25, 0.3) is 0 Å². The second kappa shape index (κ2) is 4.15. The van der Waals surface area contributed by atoms with Crippen LogP contribution in [0.2, 0.25) is 0 Å². The fraction of sp³-hybridized carbons (Fsp3) is 0.800. The van der Waals surface area contributed by atoms with Gasteiger partial charge in [0.1, 0.15) is 17.3 Å². The summed E-state index contributed by atoms with van der Waals surface area (Å²) in [5, 5.41) is 9.79. The van der Waals surface area contributed by atoms with Crippen LogP contribution < -0.4 is 0 Å². The fourth-order valence-electron chi connectivity index (χ4n) is 0.595. The molecule has 0 N–H and O–H groups in total. The fourth-order valence-corrected chi connectivity index (χ4v) is 1.79. The molecule has 0 heterocycles. The number of ketones is 1. The molecule has 0 atom stereocenters. The Hall–Kier alpha value is -0.980. The van der Waals surface area contributed by atoms with Crippen LogP contribution in [0.4, 0.5) is 0 Å². The molecule has 0 spiro atoms. The van der Waals surface area contributed by atoms with Gasteiger partial charge in [0, 0.05) is 4.92 Å². The van der Waals surface area contributed by atoms with E-state index in [1.165, 1.54) is 0 Å². The number of hydrogen-bond acceptors (Lipinski definition) is 5. The van der Waals surface area contributed by atoms with E-state index in [1.807, 2.05) is 0 Å².